The van der Waals surface area contributed by atoms with Gasteiger partial charge < -0.3 is 0 Å². The topological polar surface area (TPSA) is 3.24 Å². The van der Waals surface area contributed by atoms with Crippen molar-refractivity contribution in [3.05, 3.63) is 35.4 Å². The van der Waals surface area contributed by atoms with E-state index in [-0.39, 0.29) is 0 Å². The van der Waals surface area contributed by atoms with Crippen LogP contribution in [0.4, 0.5) is 8.78 Å². The maximum atomic E-state index is 13.6. The third kappa shape index (κ3) is 3.42. The Morgan fingerprint density at radius 2 is 2.11 bits per heavy atom. The zero-order valence-corrected chi connectivity index (χ0v) is 11.1. The minimum absolute atomic E-state index is 0.431. The van der Waals surface area contributed by atoms with Crippen molar-refractivity contribution >= 4 is 11.6 Å². The fourth-order valence-electron chi connectivity index (χ4n) is 2.59. The highest BCUT2D eigenvalue weighted by atomic mass is 35.5. The molecule has 0 aliphatic carbocycles. The molecular formula is C14H18ClF2N. The molecule has 0 amide bonds. The zero-order valence-electron chi connectivity index (χ0n) is 10.3. The molecule has 100 valence electrons. The summed E-state index contributed by atoms with van der Waals surface area (Å²) < 4.78 is 26.5. The molecule has 1 aromatic rings. The molecule has 0 aromatic heterocycles. The summed E-state index contributed by atoms with van der Waals surface area (Å²) in [7, 11) is 0. The van der Waals surface area contributed by atoms with E-state index >= 15 is 0 Å². The van der Waals surface area contributed by atoms with Crippen LogP contribution in [0.1, 0.15) is 31.2 Å². The lowest BCUT2D eigenvalue weighted by atomic mass is 9.99. The van der Waals surface area contributed by atoms with E-state index in [4.69, 9.17) is 11.6 Å². The van der Waals surface area contributed by atoms with E-state index in [1.165, 1.54) is 18.6 Å². The van der Waals surface area contributed by atoms with Crippen molar-refractivity contribution in [2.75, 3.05) is 12.4 Å². The maximum absolute atomic E-state index is 13.6. The van der Waals surface area contributed by atoms with Gasteiger partial charge in [0, 0.05) is 30.1 Å². The molecule has 1 nitrogen and oxygen atoms in total. The number of benzene rings is 1. The van der Waals surface area contributed by atoms with Crippen LogP contribution in [0.2, 0.25) is 0 Å². The molecule has 1 heterocycles. The van der Waals surface area contributed by atoms with Gasteiger partial charge in [0.2, 0.25) is 0 Å². The normalized spacial score (nSPS) is 21.2. The average molecular weight is 274 g/mol. The summed E-state index contributed by atoms with van der Waals surface area (Å²) in [6, 6.07) is 4.24. The van der Waals surface area contributed by atoms with E-state index in [1.807, 2.05) is 0 Å². The van der Waals surface area contributed by atoms with Gasteiger partial charge in [-0.1, -0.05) is 12.5 Å². The molecule has 18 heavy (non-hydrogen) atoms. The molecule has 1 atom stereocenters. The Morgan fingerprint density at radius 3 is 2.83 bits per heavy atom. The van der Waals surface area contributed by atoms with E-state index < -0.39 is 11.6 Å². The highest BCUT2D eigenvalue weighted by molar-refractivity contribution is 6.17. The van der Waals surface area contributed by atoms with Crippen molar-refractivity contribution in [3.63, 3.8) is 0 Å². The molecule has 1 aromatic carbocycles. The second-order valence-corrected chi connectivity index (χ2v) is 5.21. The van der Waals surface area contributed by atoms with Gasteiger partial charge in [-0.3, -0.25) is 4.90 Å². The standard InChI is InChI=1S/C14H18ClF2N/c15-7-6-13-3-1-2-8-18(13)10-11-4-5-12(16)9-14(11)17/h4-5,9,13H,1-3,6-8,10H2. The SMILES string of the molecule is Fc1ccc(CN2CCCCC2CCCl)c(F)c1. The van der Waals surface area contributed by atoms with Gasteiger partial charge in [-0.15, -0.1) is 11.6 Å². The Bertz CT molecular complexity index is 395. The van der Waals surface area contributed by atoms with Crippen molar-refractivity contribution in [1.82, 2.24) is 4.90 Å². The summed E-state index contributed by atoms with van der Waals surface area (Å²) in [5, 5.41) is 0. The summed E-state index contributed by atoms with van der Waals surface area (Å²) >= 11 is 5.80. The molecule has 0 N–H and O–H groups in total. The molecule has 1 aliphatic rings. The average Bonchev–Trinajstić information content (AvgIpc) is 2.35. The van der Waals surface area contributed by atoms with Crippen LogP contribution in [-0.4, -0.2) is 23.4 Å². The van der Waals surface area contributed by atoms with E-state index in [0.29, 0.717) is 24.0 Å². The molecule has 2 rings (SSSR count). The lowest BCUT2D eigenvalue weighted by Gasteiger charge is -2.35. The number of likely N-dealkylation sites (tertiary alicyclic amines) is 1. The summed E-state index contributed by atoms with van der Waals surface area (Å²) in [5.41, 5.74) is 0.567. The number of hydrogen-bond donors (Lipinski definition) is 0. The van der Waals surface area contributed by atoms with Crippen LogP contribution in [0.25, 0.3) is 0 Å². The fraction of sp³-hybridized carbons (Fsp3) is 0.571. The van der Waals surface area contributed by atoms with Crippen LogP contribution < -0.4 is 0 Å². The molecule has 4 heteroatoms. The second kappa shape index (κ2) is 6.48. The van der Waals surface area contributed by atoms with Gasteiger partial charge >= 0.3 is 0 Å². The van der Waals surface area contributed by atoms with Gasteiger partial charge in [-0.2, -0.15) is 0 Å². The number of rotatable bonds is 4. The first kappa shape index (κ1) is 13.8. The predicted octanol–water partition coefficient (Wildman–Crippen LogP) is 3.95. The van der Waals surface area contributed by atoms with Crippen LogP contribution >= 0.6 is 11.6 Å². The Kier molecular flexibility index (Phi) is 4.95. The van der Waals surface area contributed by atoms with Crippen LogP contribution in [-0.2, 0) is 6.54 Å². The number of alkyl halides is 1. The summed E-state index contributed by atoms with van der Waals surface area (Å²) in [6.45, 7) is 1.52. The molecule has 0 bridgehead atoms. The van der Waals surface area contributed by atoms with Crippen molar-refractivity contribution in [1.29, 1.82) is 0 Å². The van der Waals surface area contributed by atoms with E-state index in [2.05, 4.69) is 4.90 Å². The van der Waals surface area contributed by atoms with Gasteiger partial charge in [0.05, 0.1) is 0 Å². The van der Waals surface area contributed by atoms with Crippen LogP contribution in [0.15, 0.2) is 18.2 Å². The smallest absolute Gasteiger partial charge is 0.130 e. The van der Waals surface area contributed by atoms with Crippen molar-refractivity contribution in [3.8, 4) is 0 Å². The first-order valence-electron chi connectivity index (χ1n) is 6.44. The lowest BCUT2D eigenvalue weighted by Crippen LogP contribution is -2.39. The van der Waals surface area contributed by atoms with Gasteiger partial charge in [0.1, 0.15) is 11.6 Å². The van der Waals surface area contributed by atoms with Gasteiger partial charge in [-0.05, 0) is 31.9 Å². The third-order valence-electron chi connectivity index (χ3n) is 3.58. The second-order valence-electron chi connectivity index (χ2n) is 4.83. The van der Waals surface area contributed by atoms with Gasteiger partial charge in [0.25, 0.3) is 0 Å². The Balaban J connectivity index is 2.06. The molecule has 1 saturated heterocycles. The van der Waals surface area contributed by atoms with Crippen LogP contribution in [0.3, 0.4) is 0 Å². The number of halogens is 3. The molecule has 1 unspecified atom stereocenters. The summed E-state index contributed by atoms with van der Waals surface area (Å²) in [6.07, 6.45) is 4.41. The monoisotopic (exact) mass is 273 g/mol. The molecule has 1 fully saturated rings. The maximum Gasteiger partial charge on any atom is 0.130 e. The predicted molar refractivity (Wildman–Crippen MR) is 69.7 cm³/mol. The Morgan fingerprint density at radius 1 is 1.28 bits per heavy atom. The first-order chi connectivity index (χ1) is 8.70. The number of nitrogens with zero attached hydrogens (tertiary/aromatic N) is 1. The largest absolute Gasteiger partial charge is 0.296 e. The quantitative estimate of drug-likeness (QED) is 0.751. The molecule has 1 aliphatic heterocycles. The van der Waals surface area contributed by atoms with Crippen molar-refractivity contribution in [2.24, 2.45) is 0 Å². The molecule has 0 spiro atoms. The van der Waals surface area contributed by atoms with Crippen LogP contribution in [0, 0.1) is 11.6 Å². The van der Waals surface area contributed by atoms with Crippen molar-refractivity contribution in [2.45, 2.75) is 38.3 Å². The molecule has 0 radical (unpaired) electrons. The minimum atomic E-state index is -0.521. The Labute approximate surface area is 112 Å². The summed E-state index contributed by atoms with van der Waals surface area (Å²) in [5.74, 6) is -0.343. The lowest BCUT2D eigenvalue weighted by molar-refractivity contribution is 0.135. The third-order valence-corrected chi connectivity index (χ3v) is 3.80. The van der Waals surface area contributed by atoms with Crippen molar-refractivity contribution < 1.29 is 8.78 Å². The highest BCUT2D eigenvalue weighted by Gasteiger charge is 2.22. The van der Waals surface area contributed by atoms with E-state index in [1.54, 1.807) is 0 Å². The molecular weight excluding hydrogens is 256 g/mol. The van der Waals surface area contributed by atoms with E-state index in [9.17, 15) is 8.78 Å². The zero-order chi connectivity index (χ0) is 13.0. The van der Waals surface area contributed by atoms with Gasteiger partial charge in [-0.25, -0.2) is 8.78 Å². The minimum Gasteiger partial charge on any atom is -0.296 e. The highest BCUT2D eigenvalue weighted by Crippen LogP contribution is 2.23. The summed E-state index contributed by atoms with van der Waals surface area (Å²) in [4.78, 5) is 2.27. The number of piperidine rings is 1. The molecule has 0 saturated carbocycles. The van der Waals surface area contributed by atoms with E-state index in [0.717, 1.165) is 31.9 Å². The first-order valence-corrected chi connectivity index (χ1v) is 6.98. The van der Waals surface area contributed by atoms with Gasteiger partial charge in [0.15, 0.2) is 0 Å². The Hall–Kier alpha value is -0.670. The number of hydrogen-bond acceptors (Lipinski definition) is 1. The van der Waals surface area contributed by atoms with Crippen LogP contribution in [0.5, 0.6) is 0 Å². The fourth-order valence-corrected chi connectivity index (χ4v) is 2.84.